The molecule has 6 heteroatoms. The molecule has 1 rings (SSSR count). The van der Waals surface area contributed by atoms with E-state index in [1.54, 1.807) is 24.3 Å². The lowest BCUT2D eigenvalue weighted by molar-refractivity contribution is -0.121. The number of carbonyl (C=O) groups is 1. The van der Waals surface area contributed by atoms with E-state index in [0.717, 1.165) is 0 Å². The molecule has 0 aliphatic carbocycles. The van der Waals surface area contributed by atoms with Crippen molar-refractivity contribution in [3.63, 3.8) is 0 Å². The first-order chi connectivity index (χ1) is 9.86. The molecular formula is C15H23N3O2S. The molecule has 1 atom stereocenters. The predicted molar refractivity (Wildman–Crippen MR) is 89.3 cm³/mol. The van der Waals surface area contributed by atoms with Crippen LogP contribution in [0.3, 0.4) is 0 Å². The molecule has 1 aromatic carbocycles. The minimum atomic E-state index is -0.342. The Kier molecular flexibility index (Phi) is 6.74. The van der Waals surface area contributed by atoms with E-state index < -0.39 is 0 Å². The van der Waals surface area contributed by atoms with Crippen molar-refractivity contribution in [1.29, 1.82) is 0 Å². The second-order valence-corrected chi connectivity index (χ2v) is 5.61. The molecule has 21 heavy (non-hydrogen) atoms. The van der Waals surface area contributed by atoms with Gasteiger partial charge in [-0.25, -0.2) is 0 Å². The maximum Gasteiger partial charge on any atom is 0.241 e. The molecule has 5 nitrogen and oxygen atoms in total. The summed E-state index contributed by atoms with van der Waals surface area (Å²) in [5.74, 6) is -0.128. The van der Waals surface area contributed by atoms with Gasteiger partial charge < -0.3 is 16.2 Å². The smallest absolute Gasteiger partial charge is 0.241 e. The zero-order valence-corrected chi connectivity index (χ0v) is 13.5. The van der Waals surface area contributed by atoms with Crippen LogP contribution < -0.4 is 11.1 Å². The van der Waals surface area contributed by atoms with E-state index in [1.807, 2.05) is 25.7 Å². The fourth-order valence-electron chi connectivity index (χ4n) is 2.16. The number of benzene rings is 1. The van der Waals surface area contributed by atoms with E-state index in [4.69, 9.17) is 23.1 Å². The molecule has 0 radical (unpaired) electrons. The number of nitrogens with zero attached hydrogens (tertiary/aromatic N) is 1. The molecule has 4 N–H and O–H groups in total. The molecule has 0 saturated carbocycles. The van der Waals surface area contributed by atoms with Gasteiger partial charge in [0.05, 0.1) is 12.6 Å². The third-order valence-corrected chi connectivity index (χ3v) is 3.55. The van der Waals surface area contributed by atoms with Crippen LogP contribution in [-0.4, -0.2) is 46.1 Å². The highest BCUT2D eigenvalue weighted by molar-refractivity contribution is 7.80. The van der Waals surface area contributed by atoms with Crippen molar-refractivity contribution >= 4 is 28.8 Å². The van der Waals surface area contributed by atoms with Crippen LogP contribution in [0.25, 0.3) is 0 Å². The Morgan fingerprint density at radius 2 is 2.10 bits per heavy atom. The number of anilines is 1. The molecule has 0 aliphatic heterocycles. The first-order valence-corrected chi connectivity index (χ1v) is 7.35. The number of rotatable bonds is 7. The quantitative estimate of drug-likeness (QED) is 0.663. The third-order valence-electron chi connectivity index (χ3n) is 3.31. The van der Waals surface area contributed by atoms with Gasteiger partial charge in [0.25, 0.3) is 0 Å². The van der Waals surface area contributed by atoms with Crippen molar-refractivity contribution in [2.45, 2.75) is 32.9 Å². The lowest BCUT2D eigenvalue weighted by atomic mass is 10.1. The normalized spacial score (nSPS) is 12.5. The van der Waals surface area contributed by atoms with Crippen LogP contribution in [0.1, 0.15) is 26.3 Å². The minimum Gasteiger partial charge on any atom is -0.395 e. The highest BCUT2D eigenvalue weighted by Crippen LogP contribution is 2.13. The average molecular weight is 309 g/mol. The van der Waals surface area contributed by atoms with Gasteiger partial charge in [-0.1, -0.05) is 24.4 Å². The van der Waals surface area contributed by atoms with Crippen molar-refractivity contribution in [2.75, 3.05) is 18.5 Å². The van der Waals surface area contributed by atoms with E-state index in [1.165, 1.54) is 0 Å². The Labute approximate surface area is 131 Å². The molecule has 1 amide bonds. The van der Waals surface area contributed by atoms with Crippen LogP contribution in [0.5, 0.6) is 0 Å². The van der Waals surface area contributed by atoms with Gasteiger partial charge in [0, 0.05) is 23.8 Å². The van der Waals surface area contributed by atoms with Crippen LogP contribution in [-0.2, 0) is 4.79 Å². The lowest BCUT2D eigenvalue weighted by Gasteiger charge is -2.31. The first-order valence-electron chi connectivity index (χ1n) is 6.94. The molecule has 0 spiro atoms. The highest BCUT2D eigenvalue weighted by Gasteiger charge is 2.23. The van der Waals surface area contributed by atoms with Crippen LogP contribution >= 0.6 is 12.2 Å². The van der Waals surface area contributed by atoms with Crippen molar-refractivity contribution in [3.8, 4) is 0 Å². The van der Waals surface area contributed by atoms with Crippen LogP contribution in [0.15, 0.2) is 24.3 Å². The molecule has 0 bridgehead atoms. The highest BCUT2D eigenvalue weighted by atomic mass is 32.1. The van der Waals surface area contributed by atoms with Crippen LogP contribution in [0.2, 0.25) is 0 Å². The molecule has 0 fully saturated rings. The van der Waals surface area contributed by atoms with E-state index in [0.29, 0.717) is 22.8 Å². The number of hydrogen-bond donors (Lipinski definition) is 3. The molecule has 0 heterocycles. The van der Waals surface area contributed by atoms with Gasteiger partial charge in [-0.3, -0.25) is 9.69 Å². The van der Waals surface area contributed by atoms with Crippen molar-refractivity contribution < 1.29 is 9.90 Å². The third kappa shape index (κ3) is 5.08. The Balaban J connectivity index is 2.79. The minimum absolute atomic E-state index is 0.0206. The van der Waals surface area contributed by atoms with Gasteiger partial charge in [-0.15, -0.1) is 0 Å². The molecule has 0 aliphatic rings. The number of nitrogens with two attached hydrogens (primary N) is 1. The maximum atomic E-state index is 12.3. The molecule has 0 aromatic heterocycles. The Morgan fingerprint density at radius 3 is 2.62 bits per heavy atom. The van der Waals surface area contributed by atoms with E-state index in [9.17, 15) is 4.79 Å². The largest absolute Gasteiger partial charge is 0.395 e. The zero-order chi connectivity index (χ0) is 16.0. The second-order valence-electron chi connectivity index (χ2n) is 5.17. The van der Waals surface area contributed by atoms with E-state index in [2.05, 4.69) is 5.32 Å². The average Bonchev–Trinajstić information content (AvgIpc) is 2.43. The summed E-state index contributed by atoms with van der Waals surface area (Å²) in [6, 6.07) is 6.96. The van der Waals surface area contributed by atoms with Crippen LogP contribution in [0.4, 0.5) is 5.69 Å². The zero-order valence-electron chi connectivity index (χ0n) is 12.7. The van der Waals surface area contributed by atoms with Gasteiger partial charge in [0.2, 0.25) is 5.91 Å². The fourth-order valence-corrected chi connectivity index (χ4v) is 2.29. The standard InChI is InChI=1S/C15H23N3O2S/c1-10(2)18(7-8-19)11(3)15(20)17-13-6-4-5-12(9-13)14(16)21/h4-6,9-11,19H,7-8H2,1-3H3,(H2,16,21)(H,17,20). The van der Waals surface area contributed by atoms with Gasteiger partial charge in [-0.05, 0) is 32.9 Å². The molecule has 0 saturated heterocycles. The number of amides is 1. The Hall–Kier alpha value is -1.50. The van der Waals surface area contributed by atoms with E-state index in [-0.39, 0.29) is 24.6 Å². The fraction of sp³-hybridized carbons (Fsp3) is 0.467. The summed E-state index contributed by atoms with van der Waals surface area (Å²) < 4.78 is 0. The Bertz CT molecular complexity index is 505. The summed E-state index contributed by atoms with van der Waals surface area (Å²) in [5.41, 5.74) is 6.96. The van der Waals surface area contributed by atoms with Gasteiger partial charge in [0.1, 0.15) is 4.99 Å². The first kappa shape index (κ1) is 17.6. The van der Waals surface area contributed by atoms with Gasteiger partial charge in [-0.2, -0.15) is 0 Å². The van der Waals surface area contributed by atoms with Gasteiger partial charge in [0.15, 0.2) is 0 Å². The predicted octanol–water partition coefficient (Wildman–Crippen LogP) is 1.35. The monoisotopic (exact) mass is 309 g/mol. The number of hydrogen-bond acceptors (Lipinski definition) is 4. The molecular weight excluding hydrogens is 286 g/mol. The lowest BCUT2D eigenvalue weighted by Crippen LogP contribution is -2.47. The summed E-state index contributed by atoms with van der Waals surface area (Å²) in [7, 11) is 0. The maximum absolute atomic E-state index is 12.3. The number of aliphatic hydroxyl groups excluding tert-OH is 1. The number of carbonyl (C=O) groups excluding carboxylic acids is 1. The summed E-state index contributed by atoms with van der Waals surface area (Å²) >= 11 is 4.93. The second kappa shape index (κ2) is 8.07. The van der Waals surface area contributed by atoms with Crippen molar-refractivity contribution in [1.82, 2.24) is 4.90 Å². The summed E-state index contributed by atoms with van der Waals surface area (Å²) in [5, 5.41) is 12.0. The number of aliphatic hydroxyl groups is 1. The molecule has 1 aromatic rings. The Morgan fingerprint density at radius 1 is 1.43 bits per heavy atom. The SMILES string of the molecule is CC(C)N(CCO)C(C)C(=O)Nc1cccc(C(N)=S)c1. The summed E-state index contributed by atoms with van der Waals surface area (Å²) in [6.45, 7) is 6.29. The van der Waals surface area contributed by atoms with Crippen molar-refractivity contribution in [2.24, 2.45) is 5.73 Å². The summed E-state index contributed by atoms with van der Waals surface area (Å²) in [6.07, 6.45) is 0. The van der Waals surface area contributed by atoms with Gasteiger partial charge >= 0.3 is 0 Å². The van der Waals surface area contributed by atoms with E-state index >= 15 is 0 Å². The van der Waals surface area contributed by atoms with Crippen molar-refractivity contribution in [3.05, 3.63) is 29.8 Å². The summed E-state index contributed by atoms with van der Waals surface area (Å²) in [4.78, 5) is 14.5. The molecule has 116 valence electrons. The topological polar surface area (TPSA) is 78.6 Å². The molecule has 1 unspecified atom stereocenters. The van der Waals surface area contributed by atoms with Crippen LogP contribution in [0, 0.1) is 0 Å². The number of thiocarbonyl (C=S) groups is 1. The number of nitrogens with one attached hydrogen (secondary N) is 1.